The van der Waals surface area contributed by atoms with Gasteiger partial charge in [0, 0.05) is 18.5 Å². The Morgan fingerprint density at radius 1 is 1.00 bits per heavy atom. The number of fused-ring (bicyclic) bond motifs is 1. The highest BCUT2D eigenvalue weighted by Gasteiger charge is 2.45. The van der Waals surface area contributed by atoms with Crippen LogP contribution in [0.3, 0.4) is 0 Å². The van der Waals surface area contributed by atoms with Crippen LogP contribution in [0.2, 0.25) is 0 Å². The van der Waals surface area contributed by atoms with Crippen LogP contribution >= 0.6 is 0 Å². The minimum atomic E-state index is -1.31. The van der Waals surface area contributed by atoms with Crippen molar-refractivity contribution in [2.24, 2.45) is 0 Å². The van der Waals surface area contributed by atoms with Gasteiger partial charge in [-0.25, -0.2) is 9.80 Å². The number of aliphatic carboxylic acids is 1. The van der Waals surface area contributed by atoms with Crippen molar-refractivity contribution >= 4 is 41.9 Å². The molecule has 2 saturated heterocycles. The lowest BCUT2D eigenvalue weighted by Crippen LogP contribution is -2.64. The van der Waals surface area contributed by atoms with Crippen molar-refractivity contribution in [1.82, 2.24) is 20.7 Å². The quantitative estimate of drug-likeness (QED) is 0.224. The summed E-state index contributed by atoms with van der Waals surface area (Å²) in [5.41, 5.74) is 0.526. The van der Waals surface area contributed by atoms with Crippen LogP contribution in [0, 0.1) is 0 Å². The number of carboxylic acid groups (broad SMARTS) is 1. The molecule has 0 radical (unpaired) electrons. The molecule has 3 atom stereocenters. The van der Waals surface area contributed by atoms with Gasteiger partial charge in [0.15, 0.2) is 0 Å². The molecule has 0 saturated carbocycles. The molecule has 41 heavy (non-hydrogen) atoms. The zero-order valence-corrected chi connectivity index (χ0v) is 21.9. The Kier molecular flexibility index (Phi) is 9.07. The number of carbonyl (C=O) groups excluding carboxylic acids is 6. The van der Waals surface area contributed by atoms with Crippen molar-refractivity contribution in [3.63, 3.8) is 0 Å². The van der Waals surface area contributed by atoms with E-state index < -0.39 is 60.1 Å². The number of carbonyl (C=O) groups is 7. The highest BCUT2D eigenvalue weighted by Crippen LogP contribution is 2.25. The number of esters is 1. The molecule has 3 N–H and O–H groups in total. The van der Waals surface area contributed by atoms with Crippen molar-refractivity contribution in [2.75, 3.05) is 6.54 Å². The predicted octanol–water partition coefficient (Wildman–Crippen LogP) is 0.691. The molecule has 0 aromatic heterocycles. The molecule has 2 aliphatic heterocycles. The highest BCUT2D eigenvalue weighted by molar-refractivity contribution is 6.00. The van der Waals surface area contributed by atoms with Gasteiger partial charge in [0.1, 0.15) is 24.1 Å². The summed E-state index contributed by atoms with van der Waals surface area (Å²) >= 11 is 0. The Balaban J connectivity index is 1.45. The Hall–Kier alpha value is -5.07. The summed E-state index contributed by atoms with van der Waals surface area (Å²) < 4.78 is 5.31. The first-order valence-corrected chi connectivity index (χ1v) is 13.0. The lowest BCUT2D eigenvalue weighted by atomic mass is 10.0. The van der Waals surface area contributed by atoms with Gasteiger partial charge in [-0.3, -0.25) is 29.0 Å². The topological polar surface area (TPSA) is 179 Å². The maximum absolute atomic E-state index is 13.6. The van der Waals surface area contributed by atoms with Gasteiger partial charge in [-0.2, -0.15) is 0 Å². The molecule has 13 nitrogen and oxygen atoms in total. The first-order chi connectivity index (χ1) is 19.7. The molecule has 13 heteroatoms. The first-order valence-electron chi connectivity index (χ1n) is 13.0. The average Bonchev–Trinajstić information content (AvgIpc) is 3.09. The summed E-state index contributed by atoms with van der Waals surface area (Å²) in [6.07, 6.45) is 0.153. The lowest BCUT2D eigenvalue weighted by molar-refractivity contribution is -0.176. The Morgan fingerprint density at radius 2 is 1.71 bits per heavy atom. The third kappa shape index (κ3) is 6.93. The fourth-order valence-electron chi connectivity index (χ4n) is 4.66. The number of hydrogen-bond acceptors (Lipinski definition) is 8. The standard InChI is InChI=1S/C28H28N4O9/c33-16-19(15-24(35)36)29-26(38)22-7-4-14-31-23(34)13-12-21(27(39)32(22)31)30-25(37)17-8-10-20(11-9-17)41-28(40)18-5-2-1-3-6-18/h1-3,5-6,8-11,16,19,21-22H,4,7,12-15H2,(H,29,38)(H,30,37)(H,35,36)/t19-,21-,22-/m0/s1. The summed E-state index contributed by atoms with van der Waals surface area (Å²) in [7, 11) is 0. The molecule has 2 heterocycles. The summed E-state index contributed by atoms with van der Waals surface area (Å²) in [5.74, 6) is -4.14. The second-order valence-corrected chi connectivity index (χ2v) is 9.55. The van der Waals surface area contributed by atoms with Gasteiger partial charge < -0.3 is 25.3 Å². The minimum absolute atomic E-state index is 0.00645. The molecule has 2 aromatic rings. The number of benzene rings is 2. The largest absolute Gasteiger partial charge is 0.481 e. The number of amides is 4. The summed E-state index contributed by atoms with van der Waals surface area (Å²) in [6.45, 7) is 0.185. The zero-order chi connectivity index (χ0) is 29.5. The van der Waals surface area contributed by atoms with Gasteiger partial charge in [0.05, 0.1) is 18.0 Å². The average molecular weight is 565 g/mol. The third-order valence-corrected chi connectivity index (χ3v) is 6.69. The zero-order valence-electron chi connectivity index (χ0n) is 21.9. The number of carboxylic acids is 1. The molecule has 4 amide bonds. The minimum Gasteiger partial charge on any atom is -0.481 e. The van der Waals surface area contributed by atoms with E-state index in [0.717, 1.165) is 5.01 Å². The second-order valence-electron chi connectivity index (χ2n) is 9.55. The van der Waals surface area contributed by atoms with Crippen LogP contribution in [0.4, 0.5) is 0 Å². The molecule has 2 fully saturated rings. The van der Waals surface area contributed by atoms with Crippen molar-refractivity contribution in [3.8, 4) is 5.75 Å². The van der Waals surface area contributed by atoms with Crippen molar-refractivity contribution < 1.29 is 43.4 Å². The van der Waals surface area contributed by atoms with Gasteiger partial charge in [-0.1, -0.05) is 18.2 Å². The van der Waals surface area contributed by atoms with E-state index in [-0.39, 0.29) is 37.1 Å². The molecule has 2 aromatic carbocycles. The Bertz CT molecular complexity index is 1350. The second kappa shape index (κ2) is 12.9. The van der Waals surface area contributed by atoms with E-state index in [1.165, 1.54) is 29.3 Å². The van der Waals surface area contributed by atoms with Gasteiger partial charge in [0.2, 0.25) is 11.8 Å². The SMILES string of the molecule is O=C[C@H](CC(=O)O)NC(=O)[C@@H]1CCCN2C(=O)CC[C@H](NC(=O)c3ccc(OC(=O)c4ccccc4)cc3)C(=O)N12. The van der Waals surface area contributed by atoms with Crippen LogP contribution in [0.5, 0.6) is 5.75 Å². The number of rotatable bonds is 9. The van der Waals surface area contributed by atoms with Crippen LogP contribution in [0.1, 0.15) is 52.8 Å². The summed E-state index contributed by atoms with van der Waals surface area (Å²) in [4.78, 5) is 86.9. The number of hydrazine groups is 1. The van der Waals surface area contributed by atoms with Gasteiger partial charge in [-0.05, 0) is 55.7 Å². The molecule has 2 aliphatic rings. The van der Waals surface area contributed by atoms with E-state index in [2.05, 4.69) is 10.6 Å². The number of hydrogen-bond donors (Lipinski definition) is 3. The molecule has 0 spiro atoms. The third-order valence-electron chi connectivity index (χ3n) is 6.69. The number of nitrogens with one attached hydrogen (secondary N) is 2. The van der Waals surface area contributed by atoms with E-state index in [1.54, 1.807) is 30.3 Å². The molecular formula is C28H28N4O9. The smallest absolute Gasteiger partial charge is 0.343 e. The normalized spacial score (nSPS) is 19.3. The van der Waals surface area contributed by atoms with Crippen LogP contribution < -0.4 is 15.4 Å². The molecule has 0 unspecified atom stereocenters. The van der Waals surface area contributed by atoms with E-state index >= 15 is 0 Å². The van der Waals surface area contributed by atoms with Gasteiger partial charge in [0.25, 0.3) is 11.8 Å². The first kappa shape index (κ1) is 28.9. The van der Waals surface area contributed by atoms with E-state index in [4.69, 9.17) is 9.84 Å². The van der Waals surface area contributed by atoms with Crippen LogP contribution in [0.25, 0.3) is 0 Å². The number of aldehydes is 1. The molecule has 4 rings (SSSR count). The molecular weight excluding hydrogens is 536 g/mol. The summed E-state index contributed by atoms with van der Waals surface area (Å²) in [6, 6.07) is 10.5. The highest BCUT2D eigenvalue weighted by atomic mass is 16.5. The van der Waals surface area contributed by atoms with Gasteiger partial charge in [-0.15, -0.1) is 0 Å². The number of nitrogens with zero attached hydrogens (tertiary/aromatic N) is 2. The van der Waals surface area contributed by atoms with Crippen LogP contribution in [-0.2, 0) is 24.0 Å². The predicted molar refractivity (Wildman–Crippen MR) is 140 cm³/mol. The van der Waals surface area contributed by atoms with Crippen molar-refractivity contribution in [3.05, 3.63) is 65.7 Å². The van der Waals surface area contributed by atoms with Crippen LogP contribution in [0.15, 0.2) is 54.6 Å². The van der Waals surface area contributed by atoms with E-state index in [0.29, 0.717) is 18.3 Å². The van der Waals surface area contributed by atoms with Crippen molar-refractivity contribution in [1.29, 1.82) is 0 Å². The Morgan fingerprint density at radius 3 is 2.37 bits per heavy atom. The monoisotopic (exact) mass is 564 g/mol. The maximum Gasteiger partial charge on any atom is 0.343 e. The summed E-state index contributed by atoms with van der Waals surface area (Å²) in [5, 5.41) is 16.1. The molecule has 214 valence electrons. The fourth-order valence-corrected chi connectivity index (χ4v) is 4.66. The lowest BCUT2D eigenvalue weighted by Gasteiger charge is -2.43. The van der Waals surface area contributed by atoms with E-state index in [1.807, 2.05) is 0 Å². The Labute approximate surface area is 234 Å². The van der Waals surface area contributed by atoms with E-state index in [9.17, 15) is 33.6 Å². The van der Waals surface area contributed by atoms with Crippen LogP contribution in [-0.4, -0.2) is 81.6 Å². The number of ether oxygens (including phenoxy) is 1. The molecule has 0 aliphatic carbocycles. The van der Waals surface area contributed by atoms with Crippen molar-refractivity contribution in [2.45, 2.75) is 50.2 Å². The van der Waals surface area contributed by atoms with Gasteiger partial charge >= 0.3 is 11.9 Å². The molecule has 0 bridgehead atoms. The fraction of sp³-hybridized carbons (Fsp3) is 0.321. The maximum atomic E-state index is 13.6.